The maximum Gasteiger partial charge on any atom is 0.258 e. The smallest absolute Gasteiger partial charge is 0.258 e. The fourth-order valence-corrected chi connectivity index (χ4v) is 3.35. The number of amides is 1. The highest BCUT2D eigenvalue weighted by molar-refractivity contribution is 7.11. The summed E-state index contributed by atoms with van der Waals surface area (Å²) in [7, 11) is 1.95. The lowest BCUT2D eigenvalue weighted by Gasteiger charge is -2.34. The van der Waals surface area contributed by atoms with E-state index in [1.54, 1.807) is 0 Å². The number of aliphatic hydroxyl groups excluding tert-OH is 1. The first-order chi connectivity index (χ1) is 9.54. The third-order valence-electron chi connectivity index (χ3n) is 3.93. The summed E-state index contributed by atoms with van der Waals surface area (Å²) < 4.78 is 4.12. The SMILES string of the molecule is CN(CC1CC(O)C1)c1snc(N)c1C(=O)NC1CC1. The quantitative estimate of drug-likeness (QED) is 0.748. The number of rotatable bonds is 5. The zero-order chi connectivity index (χ0) is 14.3. The number of hydrogen-bond acceptors (Lipinski definition) is 6. The van der Waals surface area contributed by atoms with E-state index in [4.69, 9.17) is 5.73 Å². The zero-order valence-corrected chi connectivity index (χ0v) is 12.3. The minimum atomic E-state index is -0.155. The Kier molecular flexibility index (Phi) is 3.55. The second-order valence-corrected chi connectivity index (χ2v) is 6.62. The summed E-state index contributed by atoms with van der Waals surface area (Å²) in [6, 6.07) is 0.307. The summed E-state index contributed by atoms with van der Waals surface area (Å²) in [5.41, 5.74) is 6.35. The van der Waals surface area contributed by atoms with Crippen molar-refractivity contribution in [3.05, 3.63) is 5.56 Å². The highest BCUT2D eigenvalue weighted by Gasteiger charge is 2.31. The van der Waals surface area contributed by atoms with E-state index in [0.717, 1.165) is 37.2 Å². The van der Waals surface area contributed by atoms with Crippen LogP contribution in [-0.4, -0.2) is 41.1 Å². The van der Waals surface area contributed by atoms with Crippen LogP contribution in [-0.2, 0) is 0 Å². The maximum atomic E-state index is 12.2. The van der Waals surface area contributed by atoms with Crippen molar-refractivity contribution in [3.8, 4) is 0 Å². The molecule has 6 nitrogen and oxygen atoms in total. The van der Waals surface area contributed by atoms with E-state index in [9.17, 15) is 9.90 Å². The van der Waals surface area contributed by atoms with Gasteiger partial charge in [-0.15, -0.1) is 0 Å². The van der Waals surface area contributed by atoms with Crippen molar-refractivity contribution < 1.29 is 9.90 Å². The molecule has 3 rings (SSSR count). The van der Waals surface area contributed by atoms with Gasteiger partial charge in [0.15, 0.2) is 5.82 Å². The molecule has 0 unspecified atom stereocenters. The normalized spacial score (nSPS) is 25.1. The van der Waals surface area contributed by atoms with Crippen molar-refractivity contribution >= 4 is 28.3 Å². The Morgan fingerprint density at radius 1 is 1.55 bits per heavy atom. The van der Waals surface area contributed by atoms with Crippen LogP contribution in [0.4, 0.5) is 10.8 Å². The molecule has 0 saturated heterocycles. The van der Waals surface area contributed by atoms with Crippen molar-refractivity contribution in [1.29, 1.82) is 0 Å². The maximum absolute atomic E-state index is 12.2. The van der Waals surface area contributed by atoms with Gasteiger partial charge in [0.1, 0.15) is 10.6 Å². The van der Waals surface area contributed by atoms with Crippen molar-refractivity contribution in [2.75, 3.05) is 24.2 Å². The van der Waals surface area contributed by atoms with Gasteiger partial charge in [-0.3, -0.25) is 4.79 Å². The monoisotopic (exact) mass is 296 g/mol. The van der Waals surface area contributed by atoms with E-state index in [0.29, 0.717) is 23.3 Å². The van der Waals surface area contributed by atoms with Crippen LogP contribution in [0.25, 0.3) is 0 Å². The summed E-state index contributed by atoms with van der Waals surface area (Å²) in [6.45, 7) is 0.822. The fraction of sp³-hybridized carbons (Fsp3) is 0.692. The number of aliphatic hydroxyl groups is 1. The van der Waals surface area contributed by atoms with E-state index in [1.807, 2.05) is 11.9 Å². The lowest BCUT2D eigenvalue weighted by molar-refractivity contribution is 0.0465. The largest absolute Gasteiger partial charge is 0.393 e. The molecule has 20 heavy (non-hydrogen) atoms. The van der Waals surface area contributed by atoms with E-state index < -0.39 is 0 Å². The Morgan fingerprint density at radius 2 is 2.25 bits per heavy atom. The van der Waals surface area contributed by atoms with Gasteiger partial charge in [-0.2, -0.15) is 4.37 Å². The number of nitrogen functional groups attached to an aromatic ring is 1. The Balaban J connectivity index is 1.69. The molecule has 0 atom stereocenters. The fourth-order valence-electron chi connectivity index (χ4n) is 2.57. The molecule has 1 amide bonds. The average molecular weight is 296 g/mol. The number of nitrogens with two attached hydrogens (primary N) is 1. The molecule has 2 fully saturated rings. The van der Waals surface area contributed by atoms with Crippen LogP contribution in [0.1, 0.15) is 36.0 Å². The van der Waals surface area contributed by atoms with Gasteiger partial charge >= 0.3 is 0 Å². The first-order valence-electron chi connectivity index (χ1n) is 6.99. The highest BCUT2D eigenvalue weighted by Crippen LogP contribution is 2.34. The van der Waals surface area contributed by atoms with Gasteiger partial charge in [0.2, 0.25) is 0 Å². The molecule has 1 aromatic rings. The summed E-state index contributed by atoms with van der Waals surface area (Å²) in [4.78, 5) is 14.3. The van der Waals surface area contributed by atoms with Gasteiger partial charge < -0.3 is 21.1 Å². The number of carbonyl (C=O) groups excluding carboxylic acids is 1. The molecule has 0 aliphatic heterocycles. The van der Waals surface area contributed by atoms with Crippen LogP contribution in [0.3, 0.4) is 0 Å². The summed E-state index contributed by atoms with van der Waals surface area (Å²) in [5, 5.41) is 13.1. The Labute approximate surface area is 122 Å². The lowest BCUT2D eigenvalue weighted by atomic mass is 9.82. The van der Waals surface area contributed by atoms with E-state index in [2.05, 4.69) is 9.69 Å². The van der Waals surface area contributed by atoms with Crippen LogP contribution in [0, 0.1) is 5.92 Å². The van der Waals surface area contributed by atoms with Crippen LogP contribution >= 0.6 is 11.5 Å². The third kappa shape index (κ3) is 2.73. The topological polar surface area (TPSA) is 91.5 Å². The number of anilines is 2. The summed E-state index contributed by atoms with van der Waals surface area (Å²) in [6.07, 6.45) is 3.62. The highest BCUT2D eigenvalue weighted by atomic mass is 32.1. The van der Waals surface area contributed by atoms with Crippen molar-refractivity contribution in [2.45, 2.75) is 37.8 Å². The Hall–Kier alpha value is -1.34. The van der Waals surface area contributed by atoms with Gasteiger partial charge in [-0.25, -0.2) is 0 Å². The molecule has 0 aromatic carbocycles. The Bertz CT molecular complexity index is 508. The molecule has 7 heteroatoms. The lowest BCUT2D eigenvalue weighted by Crippen LogP contribution is -2.37. The first kappa shape index (κ1) is 13.6. The molecule has 0 radical (unpaired) electrons. The molecule has 110 valence electrons. The van der Waals surface area contributed by atoms with Gasteiger partial charge in [-0.05, 0) is 43.1 Å². The van der Waals surface area contributed by atoms with Gasteiger partial charge in [-0.1, -0.05) is 0 Å². The predicted molar refractivity (Wildman–Crippen MR) is 79.0 cm³/mol. The molecule has 1 aromatic heterocycles. The zero-order valence-electron chi connectivity index (χ0n) is 11.5. The number of nitrogens with zero attached hydrogens (tertiary/aromatic N) is 2. The van der Waals surface area contributed by atoms with Gasteiger partial charge in [0.05, 0.1) is 6.10 Å². The van der Waals surface area contributed by atoms with Gasteiger partial charge in [0, 0.05) is 19.6 Å². The van der Waals surface area contributed by atoms with Crippen LogP contribution < -0.4 is 16.0 Å². The third-order valence-corrected chi connectivity index (χ3v) is 4.91. The van der Waals surface area contributed by atoms with Gasteiger partial charge in [0.25, 0.3) is 5.91 Å². The predicted octanol–water partition coefficient (Wildman–Crippen LogP) is 0.825. The van der Waals surface area contributed by atoms with Crippen LogP contribution in [0.5, 0.6) is 0 Å². The Morgan fingerprint density at radius 3 is 2.85 bits per heavy atom. The minimum absolute atomic E-state index is 0.116. The molecule has 0 bridgehead atoms. The molecular weight excluding hydrogens is 276 g/mol. The van der Waals surface area contributed by atoms with Crippen molar-refractivity contribution in [1.82, 2.24) is 9.69 Å². The average Bonchev–Trinajstić information content (AvgIpc) is 3.07. The molecule has 4 N–H and O–H groups in total. The minimum Gasteiger partial charge on any atom is -0.393 e. The standard InChI is InChI=1S/C13H20N4O2S/c1-17(6-7-4-9(18)5-7)13-10(11(14)16-20-13)12(19)15-8-2-3-8/h7-9,18H,2-6H2,1H3,(H2,14,16)(H,15,19). The molecular formula is C13H20N4O2S. The molecule has 1 heterocycles. The number of carbonyl (C=O) groups is 1. The van der Waals surface area contributed by atoms with Crippen molar-refractivity contribution in [3.63, 3.8) is 0 Å². The van der Waals surface area contributed by atoms with E-state index in [1.165, 1.54) is 11.5 Å². The van der Waals surface area contributed by atoms with E-state index in [-0.39, 0.29) is 12.0 Å². The van der Waals surface area contributed by atoms with Crippen LogP contribution in [0.15, 0.2) is 0 Å². The van der Waals surface area contributed by atoms with Crippen molar-refractivity contribution in [2.24, 2.45) is 5.92 Å². The number of hydrogen-bond donors (Lipinski definition) is 3. The molecule has 0 spiro atoms. The summed E-state index contributed by atoms with van der Waals surface area (Å²) >= 11 is 1.27. The number of nitrogens with one attached hydrogen (secondary N) is 1. The van der Waals surface area contributed by atoms with E-state index >= 15 is 0 Å². The molecule has 2 aliphatic carbocycles. The molecule has 2 aliphatic rings. The summed E-state index contributed by atoms with van der Waals surface area (Å²) in [5.74, 6) is 0.676. The first-order valence-corrected chi connectivity index (χ1v) is 7.77. The molecule has 2 saturated carbocycles. The van der Waals surface area contributed by atoms with Crippen LogP contribution in [0.2, 0.25) is 0 Å². The second kappa shape index (κ2) is 5.21. The number of aromatic nitrogens is 1. The second-order valence-electron chi connectivity index (χ2n) is 5.87.